The normalized spacial score (nSPS) is 12.3. The Morgan fingerprint density at radius 3 is 2.19 bits per heavy atom. The first-order valence-corrected chi connectivity index (χ1v) is 11.7. The highest BCUT2D eigenvalue weighted by atomic mass is 32.2. The van der Waals surface area contributed by atoms with Crippen molar-refractivity contribution in [2.24, 2.45) is 0 Å². The third-order valence-electron chi connectivity index (χ3n) is 6.02. The van der Waals surface area contributed by atoms with Gasteiger partial charge in [-0.15, -0.1) is 0 Å². The lowest BCUT2D eigenvalue weighted by Crippen LogP contribution is -2.12. The van der Waals surface area contributed by atoms with E-state index in [-0.39, 0.29) is 5.41 Å². The second kappa shape index (κ2) is 7.38. The number of hydrogen-bond acceptors (Lipinski definition) is 3. The molecule has 0 N–H and O–H groups in total. The van der Waals surface area contributed by atoms with E-state index in [0.29, 0.717) is 0 Å². The molecule has 0 amide bonds. The van der Waals surface area contributed by atoms with Crippen molar-refractivity contribution in [3.8, 4) is 0 Å². The molecule has 0 unspecified atom stereocenters. The maximum Gasteiger partial charge on any atom is 0.175 e. The lowest BCUT2D eigenvalue weighted by molar-refractivity contribution is 0.589. The van der Waals surface area contributed by atoms with E-state index in [1.807, 2.05) is 12.1 Å². The number of thioether (sulfide) groups is 1. The molecule has 2 aromatic heterocycles. The molecule has 0 aliphatic rings. The van der Waals surface area contributed by atoms with Gasteiger partial charge in [-0.2, -0.15) is 0 Å². The van der Waals surface area contributed by atoms with E-state index in [9.17, 15) is 0 Å². The second-order valence-electron chi connectivity index (χ2n) is 9.30. The van der Waals surface area contributed by atoms with Gasteiger partial charge in [0.05, 0.1) is 16.6 Å². The summed E-state index contributed by atoms with van der Waals surface area (Å²) in [5, 5.41) is 2.08. The molecule has 4 heteroatoms. The molecule has 0 fully saturated rings. The van der Waals surface area contributed by atoms with Crippen LogP contribution in [0.2, 0.25) is 0 Å². The number of fused-ring (bicyclic) bond motifs is 5. The number of nitrogens with zero attached hydrogens (tertiary/aromatic N) is 3. The highest BCUT2D eigenvalue weighted by Gasteiger charge is 2.18. The van der Waals surface area contributed by atoms with E-state index in [2.05, 4.69) is 87.6 Å². The topological polar surface area (TPSA) is 30.2 Å². The summed E-state index contributed by atoms with van der Waals surface area (Å²) >= 11 is 1.79. The van der Waals surface area contributed by atoms with Crippen LogP contribution in [0, 0.1) is 13.8 Å². The zero-order valence-corrected chi connectivity index (χ0v) is 19.5. The number of hydrogen-bond donors (Lipinski definition) is 0. The number of aromatic nitrogens is 3. The minimum Gasteiger partial charge on any atom is -0.271 e. The van der Waals surface area contributed by atoms with Gasteiger partial charge in [0.2, 0.25) is 0 Å². The molecule has 0 radical (unpaired) electrons. The third kappa shape index (κ3) is 3.49. The Bertz CT molecular complexity index is 1420. The maximum atomic E-state index is 5.04. The van der Waals surface area contributed by atoms with Gasteiger partial charge in [-0.1, -0.05) is 68.9 Å². The average Bonchev–Trinajstić information content (AvgIpc) is 3.12. The Morgan fingerprint density at radius 1 is 0.839 bits per heavy atom. The van der Waals surface area contributed by atoms with Crippen LogP contribution in [0.4, 0.5) is 0 Å². The van der Waals surface area contributed by atoms with Gasteiger partial charge in [0.1, 0.15) is 5.65 Å². The summed E-state index contributed by atoms with van der Waals surface area (Å²) in [4.78, 5) is 9.99. The molecule has 5 rings (SSSR count). The van der Waals surface area contributed by atoms with Crippen molar-refractivity contribution in [3.63, 3.8) is 0 Å². The lowest BCUT2D eigenvalue weighted by atomic mass is 9.84. The summed E-state index contributed by atoms with van der Waals surface area (Å²) in [6.07, 6.45) is 0. The van der Waals surface area contributed by atoms with Crippen LogP contribution in [-0.4, -0.2) is 14.4 Å². The first-order chi connectivity index (χ1) is 14.8. The number of imidazole rings is 1. The van der Waals surface area contributed by atoms with E-state index in [4.69, 9.17) is 9.97 Å². The fraction of sp³-hybridized carbons (Fsp3) is 0.259. The van der Waals surface area contributed by atoms with Crippen molar-refractivity contribution >= 4 is 39.3 Å². The van der Waals surface area contributed by atoms with E-state index >= 15 is 0 Å². The van der Waals surface area contributed by atoms with Crippen LogP contribution in [0.1, 0.15) is 43.0 Å². The summed E-state index contributed by atoms with van der Waals surface area (Å²) in [6, 6.07) is 21.3. The Hall–Kier alpha value is -2.85. The van der Waals surface area contributed by atoms with Crippen molar-refractivity contribution in [2.45, 2.75) is 50.9 Å². The number of aryl methyl sites for hydroxylation is 2. The average molecular weight is 426 g/mol. The van der Waals surface area contributed by atoms with Gasteiger partial charge in [0.25, 0.3) is 0 Å². The molecule has 0 bridgehead atoms. The first-order valence-electron chi connectivity index (χ1n) is 10.7. The maximum absolute atomic E-state index is 5.04. The fourth-order valence-corrected chi connectivity index (χ4v) is 5.41. The van der Waals surface area contributed by atoms with Crippen LogP contribution in [0.15, 0.2) is 65.8 Å². The molecule has 3 aromatic carbocycles. The Morgan fingerprint density at radius 2 is 1.48 bits per heavy atom. The summed E-state index contributed by atoms with van der Waals surface area (Å²) in [5.41, 5.74) is 9.72. The van der Waals surface area contributed by atoms with Crippen LogP contribution in [0.5, 0.6) is 0 Å². The Labute approximate surface area is 187 Å². The van der Waals surface area contributed by atoms with Crippen molar-refractivity contribution < 1.29 is 0 Å². The molecule has 5 aromatic rings. The highest BCUT2D eigenvalue weighted by molar-refractivity contribution is 7.98. The monoisotopic (exact) mass is 425 g/mol. The van der Waals surface area contributed by atoms with E-state index in [0.717, 1.165) is 38.5 Å². The first kappa shape index (κ1) is 20.1. The number of para-hydroxylation sites is 3. The third-order valence-corrected chi connectivity index (χ3v) is 6.99. The zero-order valence-electron chi connectivity index (χ0n) is 18.7. The van der Waals surface area contributed by atoms with E-state index in [1.165, 1.54) is 22.3 Å². The van der Waals surface area contributed by atoms with Gasteiger partial charge in [0, 0.05) is 11.1 Å². The SMILES string of the molecule is Cc1cc(C(C)(C)C)cc(C)c1CSc1nc2ccccc2c2nc3ccccc3n12. The van der Waals surface area contributed by atoms with Gasteiger partial charge in [-0.3, -0.25) is 4.40 Å². The summed E-state index contributed by atoms with van der Waals surface area (Å²) < 4.78 is 2.22. The molecule has 0 aliphatic heterocycles. The second-order valence-corrected chi connectivity index (χ2v) is 10.2. The molecule has 3 nitrogen and oxygen atoms in total. The zero-order chi connectivity index (χ0) is 21.8. The molecular formula is C27H27N3S. The van der Waals surface area contributed by atoms with Gasteiger partial charge in [0.15, 0.2) is 5.16 Å². The van der Waals surface area contributed by atoms with Crippen molar-refractivity contribution in [2.75, 3.05) is 0 Å². The van der Waals surface area contributed by atoms with E-state index in [1.54, 1.807) is 11.8 Å². The predicted molar refractivity (Wildman–Crippen MR) is 132 cm³/mol. The Balaban J connectivity index is 1.63. The summed E-state index contributed by atoms with van der Waals surface area (Å²) in [5.74, 6) is 0.884. The molecule has 31 heavy (non-hydrogen) atoms. The van der Waals surface area contributed by atoms with Crippen LogP contribution >= 0.6 is 11.8 Å². The van der Waals surface area contributed by atoms with E-state index < -0.39 is 0 Å². The van der Waals surface area contributed by atoms with Gasteiger partial charge >= 0.3 is 0 Å². The quantitative estimate of drug-likeness (QED) is 0.225. The fourth-order valence-electron chi connectivity index (χ4n) is 4.20. The van der Waals surface area contributed by atoms with Crippen LogP contribution < -0.4 is 0 Å². The smallest absolute Gasteiger partial charge is 0.175 e. The van der Waals surface area contributed by atoms with Crippen molar-refractivity contribution in [1.82, 2.24) is 14.4 Å². The minimum absolute atomic E-state index is 0.156. The van der Waals surface area contributed by atoms with Crippen molar-refractivity contribution in [1.29, 1.82) is 0 Å². The van der Waals surface area contributed by atoms with Crippen LogP contribution in [-0.2, 0) is 11.2 Å². The lowest BCUT2D eigenvalue weighted by Gasteiger charge is -2.22. The molecule has 156 valence electrons. The van der Waals surface area contributed by atoms with Crippen LogP contribution in [0.3, 0.4) is 0 Å². The van der Waals surface area contributed by atoms with Crippen LogP contribution in [0.25, 0.3) is 27.6 Å². The summed E-state index contributed by atoms with van der Waals surface area (Å²) in [6.45, 7) is 11.3. The molecule has 2 heterocycles. The highest BCUT2D eigenvalue weighted by Crippen LogP contribution is 2.33. The number of benzene rings is 3. The van der Waals surface area contributed by atoms with Gasteiger partial charge in [-0.05, 0) is 65.8 Å². The van der Waals surface area contributed by atoms with Gasteiger partial charge in [-0.25, -0.2) is 9.97 Å². The largest absolute Gasteiger partial charge is 0.271 e. The van der Waals surface area contributed by atoms with Crippen molar-refractivity contribution in [3.05, 3.63) is 82.9 Å². The molecular weight excluding hydrogens is 398 g/mol. The number of rotatable bonds is 3. The Kier molecular flexibility index (Phi) is 4.78. The summed E-state index contributed by atoms with van der Waals surface area (Å²) in [7, 11) is 0. The van der Waals surface area contributed by atoms with Gasteiger partial charge < -0.3 is 0 Å². The molecule has 0 saturated carbocycles. The standard InChI is InChI=1S/C27H27N3S/c1-17-14-19(27(3,4)5)15-18(2)21(17)16-31-26-29-22-11-7-6-10-20(22)25-28-23-12-8-9-13-24(23)30(25)26/h6-15H,16H2,1-5H3. The molecule has 0 aliphatic carbocycles. The molecule has 0 saturated heterocycles. The molecule has 0 spiro atoms. The minimum atomic E-state index is 0.156. The predicted octanol–water partition coefficient (Wildman–Crippen LogP) is 7.24. The molecule has 0 atom stereocenters.